The maximum absolute atomic E-state index is 14.1. The van der Waals surface area contributed by atoms with Crippen molar-refractivity contribution < 1.29 is 22.7 Å². The van der Waals surface area contributed by atoms with Crippen LogP contribution in [0.15, 0.2) is 72.8 Å². The summed E-state index contributed by atoms with van der Waals surface area (Å²) in [5.41, 5.74) is 2.11. The van der Waals surface area contributed by atoms with E-state index in [4.69, 9.17) is 27.9 Å². The van der Waals surface area contributed by atoms with Gasteiger partial charge in [-0.05, 0) is 54.7 Å². The van der Waals surface area contributed by atoms with Crippen molar-refractivity contribution in [2.75, 3.05) is 24.2 Å². The highest BCUT2D eigenvalue weighted by Gasteiger charge is 2.32. The van der Waals surface area contributed by atoms with Crippen LogP contribution in [-0.2, 0) is 32.6 Å². The van der Waals surface area contributed by atoms with Crippen LogP contribution in [-0.4, -0.2) is 57.1 Å². The second-order valence-electron chi connectivity index (χ2n) is 11.5. The Morgan fingerprint density at radius 2 is 1.67 bits per heavy atom. The minimum atomic E-state index is -3.64. The molecule has 1 fully saturated rings. The number of carbonyl (C=O) groups is 2. The van der Waals surface area contributed by atoms with E-state index in [-0.39, 0.29) is 43.8 Å². The number of ether oxygens (including phenoxy) is 1. The SMILES string of the molecule is COc1cccc(N(CCCC(=O)N(Cc2ccc(Cl)c(Cl)c2)C(Cc2ccccc2)C(=O)NC2CCCCC2)S(C)(=O)=O)c1. The number of nitrogens with one attached hydrogen (secondary N) is 1. The molecule has 4 rings (SSSR count). The molecule has 8 nitrogen and oxygen atoms in total. The van der Waals surface area contributed by atoms with Crippen molar-refractivity contribution in [1.29, 1.82) is 0 Å². The number of hydrogen-bond donors (Lipinski definition) is 1. The van der Waals surface area contributed by atoms with Gasteiger partial charge in [0.15, 0.2) is 0 Å². The third kappa shape index (κ3) is 10.1. The summed E-state index contributed by atoms with van der Waals surface area (Å²) >= 11 is 12.5. The average Bonchev–Trinajstić information content (AvgIpc) is 3.03. The summed E-state index contributed by atoms with van der Waals surface area (Å²) in [6.45, 7) is 0.215. The van der Waals surface area contributed by atoms with Gasteiger partial charge in [-0.2, -0.15) is 0 Å². The monoisotopic (exact) mass is 673 g/mol. The number of nitrogens with zero attached hydrogens (tertiary/aromatic N) is 2. The van der Waals surface area contributed by atoms with Crippen molar-refractivity contribution >= 4 is 50.7 Å². The van der Waals surface area contributed by atoms with Crippen molar-refractivity contribution in [3.8, 4) is 5.75 Å². The van der Waals surface area contributed by atoms with Crippen molar-refractivity contribution in [1.82, 2.24) is 10.2 Å². The van der Waals surface area contributed by atoms with Gasteiger partial charge in [0.1, 0.15) is 11.8 Å². The molecule has 0 spiro atoms. The maximum Gasteiger partial charge on any atom is 0.243 e. The number of rotatable bonds is 14. The summed E-state index contributed by atoms with van der Waals surface area (Å²) in [5.74, 6) is 0.0611. The van der Waals surface area contributed by atoms with Crippen LogP contribution in [0.4, 0.5) is 5.69 Å². The molecule has 1 aliphatic carbocycles. The van der Waals surface area contributed by atoms with E-state index in [0.29, 0.717) is 27.9 Å². The summed E-state index contributed by atoms with van der Waals surface area (Å²) in [6, 6.07) is 20.9. The number of sulfonamides is 1. The molecule has 0 saturated heterocycles. The highest BCUT2D eigenvalue weighted by atomic mass is 35.5. The fraction of sp³-hybridized carbons (Fsp3) is 0.412. The van der Waals surface area contributed by atoms with Crippen molar-refractivity contribution in [3.05, 3.63) is 94.0 Å². The Morgan fingerprint density at radius 3 is 2.33 bits per heavy atom. The molecule has 0 heterocycles. The first-order valence-corrected chi connectivity index (χ1v) is 17.8. The molecule has 1 atom stereocenters. The lowest BCUT2D eigenvalue weighted by Crippen LogP contribution is -2.52. The molecule has 1 aliphatic rings. The first-order valence-electron chi connectivity index (χ1n) is 15.2. The molecule has 0 radical (unpaired) electrons. The second kappa shape index (κ2) is 16.3. The van der Waals surface area contributed by atoms with Gasteiger partial charge in [0.2, 0.25) is 21.8 Å². The fourth-order valence-electron chi connectivity index (χ4n) is 5.70. The minimum Gasteiger partial charge on any atom is -0.497 e. The van der Waals surface area contributed by atoms with Crippen molar-refractivity contribution in [2.45, 2.75) is 70.0 Å². The third-order valence-electron chi connectivity index (χ3n) is 8.05. The molecular weight excluding hydrogens is 633 g/mol. The number of methoxy groups -OCH3 is 1. The number of halogens is 2. The molecule has 0 aliphatic heterocycles. The molecular formula is C34H41Cl2N3O5S. The van der Waals surface area contributed by atoms with Gasteiger partial charge in [0, 0.05) is 38.0 Å². The maximum atomic E-state index is 14.1. The van der Waals surface area contributed by atoms with Crippen LogP contribution in [0.5, 0.6) is 5.75 Å². The van der Waals surface area contributed by atoms with Gasteiger partial charge in [0.05, 0.1) is 29.1 Å². The lowest BCUT2D eigenvalue weighted by Gasteiger charge is -2.34. The molecule has 242 valence electrons. The van der Waals surface area contributed by atoms with Crippen LogP contribution in [0, 0.1) is 0 Å². The summed E-state index contributed by atoms with van der Waals surface area (Å²) in [5, 5.41) is 3.98. The quantitative estimate of drug-likeness (QED) is 0.207. The van der Waals surface area contributed by atoms with E-state index in [1.165, 1.54) is 11.4 Å². The first kappa shape index (κ1) is 34.6. The summed E-state index contributed by atoms with van der Waals surface area (Å²) < 4.78 is 32.0. The minimum absolute atomic E-state index is 0.0271. The highest BCUT2D eigenvalue weighted by Crippen LogP contribution is 2.26. The molecule has 3 aromatic carbocycles. The van der Waals surface area contributed by atoms with E-state index in [2.05, 4.69) is 5.32 Å². The Kier molecular flexibility index (Phi) is 12.6. The third-order valence-corrected chi connectivity index (χ3v) is 9.99. The Hall–Kier alpha value is -3.27. The van der Waals surface area contributed by atoms with Crippen LogP contribution in [0.25, 0.3) is 0 Å². The summed E-state index contributed by atoms with van der Waals surface area (Å²) in [7, 11) is -2.13. The normalized spacial score (nSPS) is 14.4. The fourth-order valence-corrected chi connectivity index (χ4v) is 6.98. The first-order chi connectivity index (χ1) is 21.5. The predicted molar refractivity (Wildman–Crippen MR) is 180 cm³/mol. The van der Waals surface area contributed by atoms with Crippen LogP contribution >= 0.6 is 23.2 Å². The molecule has 0 aromatic heterocycles. The Labute approximate surface area is 276 Å². The topological polar surface area (TPSA) is 96.0 Å². The molecule has 11 heteroatoms. The lowest BCUT2D eigenvalue weighted by atomic mass is 9.94. The average molecular weight is 675 g/mol. The molecule has 1 saturated carbocycles. The van der Waals surface area contributed by atoms with E-state index in [1.807, 2.05) is 30.3 Å². The molecule has 2 amide bonds. The Balaban J connectivity index is 1.61. The molecule has 1 unspecified atom stereocenters. The standard InChI is InChI=1S/C34H41Cl2N3O5S/c1-44-29-16-9-15-28(23-29)39(45(2,42)43)20-10-17-33(40)38(24-26-18-19-30(35)31(36)21-26)32(22-25-11-5-3-6-12-25)34(41)37-27-13-7-4-8-14-27/h3,5-6,9,11-12,15-16,18-19,21,23,27,32H,4,7-8,10,13-14,17,20,22,24H2,1-2H3,(H,37,41). The van der Waals surface area contributed by atoms with Gasteiger partial charge < -0.3 is 15.0 Å². The molecule has 45 heavy (non-hydrogen) atoms. The second-order valence-corrected chi connectivity index (χ2v) is 14.2. The zero-order valence-corrected chi connectivity index (χ0v) is 28.1. The van der Waals surface area contributed by atoms with E-state index in [0.717, 1.165) is 49.5 Å². The van der Waals surface area contributed by atoms with Gasteiger partial charge in [-0.1, -0.05) is 84.9 Å². The number of hydrogen-bond acceptors (Lipinski definition) is 5. The van der Waals surface area contributed by atoms with Crippen LogP contribution in [0.1, 0.15) is 56.1 Å². The van der Waals surface area contributed by atoms with E-state index >= 15 is 0 Å². The number of anilines is 1. The number of carbonyl (C=O) groups excluding carboxylic acids is 2. The van der Waals surface area contributed by atoms with Crippen LogP contribution in [0.3, 0.4) is 0 Å². The van der Waals surface area contributed by atoms with Gasteiger partial charge in [-0.25, -0.2) is 8.42 Å². The Bertz CT molecular complexity index is 1550. The lowest BCUT2D eigenvalue weighted by molar-refractivity contribution is -0.141. The van der Waals surface area contributed by atoms with Gasteiger partial charge in [0.25, 0.3) is 0 Å². The molecule has 0 bridgehead atoms. The predicted octanol–water partition coefficient (Wildman–Crippen LogP) is 6.64. The smallest absolute Gasteiger partial charge is 0.243 e. The zero-order valence-electron chi connectivity index (χ0n) is 25.8. The van der Waals surface area contributed by atoms with Crippen LogP contribution in [0.2, 0.25) is 10.0 Å². The zero-order chi connectivity index (χ0) is 32.4. The summed E-state index contributed by atoms with van der Waals surface area (Å²) in [6.07, 6.45) is 6.83. The number of amides is 2. The van der Waals surface area contributed by atoms with Gasteiger partial charge >= 0.3 is 0 Å². The van der Waals surface area contributed by atoms with E-state index in [9.17, 15) is 18.0 Å². The summed E-state index contributed by atoms with van der Waals surface area (Å²) in [4.78, 5) is 29.7. The van der Waals surface area contributed by atoms with Gasteiger partial charge in [-0.15, -0.1) is 0 Å². The molecule has 1 N–H and O–H groups in total. The number of benzene rings is 3. The van der Waals surface area contributed by atoms with E-state index in [1.54, 1.807) is 47.4 Å². The van der Waals surface area contributed by atoms with E-state index < -0.39 is 16.1 Å². The Morgan fingerprint density at radius 1 is 0.933 bits per heavy atom. The van der Waals surface area contributed by atoms with Crippen molar-refractivity contribution in [3.63, 3.8) is 0 Å². The van der Waals surface area contributed by atoms with Gasteiger partial charge in [-0.3, -0.25) is 13.9 Å². The molecule has 3 aromatic rings. The largest absolute Gasteiger partial charge is 0.497 e. The van der Waals surface area contributed by atoms with Crippen molar-refractivity contribution in [2.24, 2.45) is 0 Å². The van der Waals surface area contributed by atoms with Crippen LogP contribution < -0.4 is 14.4 Å². The highest BCUT2D eigenvalue weighted by molar-refractivity contribution is 7.92.